The fraction of sp³-hybridized carbons (Fsp3) is 0.333. The molecule has 2 amide bonds. The Bertz CT molecular complexity index is 1530. The number of anilines is 1. The van der Waals surface area contributed by atoms with Gasteiger partial charge in [0.2, 0.25) is 11.7 Å². The number of amides is 2. The highest BCUT2D eigenvalue weighted by molar-refractivity contribution is 6.24. The molecule has 10 nitrogen and oxygen atoms in total. The van der Waals surface area contributed by atoms with Crippen LogP contribution in [0.15, 0.2) is 42.0 Å². The van der Waals surface area contributed by atoms with Crippen LogP contribution in [-0.2, 0) is 27.0 Å². The Labute approximate surface area is 223 Å². The maximum atomic E-state index is 13.6. The van der Waals surface area contributed by atoms with Crippen LogP contribution in [0.1, 0.15) is 46.3 Å². The van der Waals surface area contributed by atoms with Crippen molar-refractivity contribution in [2.75, 3.05) is 5.32 Å². The van der Waals surface area contributed by atoms with Gasteiger partial charge in [-0.15, -0.1) is 0 Å². The number of halogens is 3. The van der Waals surface area contributed by atoms with Crippen LogP contribution in [0.4, 0.5) is 18.9 Å². The van der Waals surface area contributed by atoms with Crippen molar-refractivity contribution in [2.45, 2.75) is 43.6 Å². The number of rotatable bonds is 3. The summed E-state index contributed by atoms with van der Waals surface area (Å²) >= 11 is 0. The summed E-state index contributed by atoms with van der Waals surface area (Å²) in [6.07, 6.45) is -7.23. The van der Waals surface area contributed by atoms with Gasteiger partial charge >= 0.3 is 6.18 Å². The number of aliphatic hydroxyl groups is 3. The molecule has 13 heteroatoms. The number of aromatic hydroxyl groups is 1. The van der Waals surface area contributed by atoms with Gasteiger partial charge in [0, 0.05) is 17.9 Å². The average Bonchev–Trinajstić information content (AvgIpc) is 2.87. The molecule has 4 unspecified atom stereocenters. The zero-order valence-corrected chi connectivity index (χ0v) is 20.6. The van der Waals surface area contributed by atoms with Crippen LogP contribution in [0.2, 0.25) is 0 Å². The number of hydrogen-bond acceptors (Lipinski definition) is 8. The van der Waals surface area contributed by atoms with Gasteiger partial charge in [0.1, 0.15) is 11.5 Å². The molecule has 2 aromatic carbocycles. The number of nitrogens with one attached hydrogen (secondary N) is 1. The van der Waals surface area contributed by atoms with E-state index in [0.717, 1.165) is 18.2 Å². The van der Waals surface area contributed by atoms with E-state index in [1.54, 1.807) is 0 Å². The van der Waals surface area contributed by atoms with Crippen LogP contribution in [0.3, 0.4) is 0 Å². The van der Waals surface area contributed by atoms with E-state index in [2.05, 4.69) is 5.32 Å². The van der Waals surface area contributed by atoms with Crippen LogP contribution in [0, 0.1) is 11.3 Å². The maximum absolute atomic E-state index is 13.6. The van der Waals surface area contributed by atoms with Crippen molar-refractivity contribution in [1.29, 1.82) is 0 Å². The van der Waals surface area contributed by atoms with E-state index in [-0.39, 0.29) is 41.6 Å². The molecule has 2 fully saturated rings. The third-order valence-corrected chi connectivity index (χ3v) is 8.04. The largest absolute Gasteiger partial charge is 0.507 e. The molecule has 7 N–H and O–H groups in total. The van der Waals surface area contributed by atoms with E-state index in [1.165, 1.54) is 12.1 Å². The highest BCUT2D eigenvalue weighted by atomic mass is 19.4. The van der Waals surface area contributed by atoms with E-state index in [0.29, 0.717) is 6.07 Å². The number of carbonyl (C=O) groups excluding carboxylic acids is 4. The fourth-order valence-corrected chi connectivity index (χ4v) is 6.09. The molecular weight excluding hydrogens is 537 g/mol. The molecule has 0 aromatic heterocycles. The molecule has 0 radical (unpaired) electrons. The lowest BCUT2D eigenvalue weighted by Gasteiger charge is -2.51. The summed E-state index contributed by atoms with van der Waals surface area (Å²) in [7, 11) is 0. The van der Waals surface area contributed by atoms with Crippen molar-refractivity contribution in [3.8, 4) is 5.75 Å². The molecule has 0 heterocycles. The zero-order valence-electron chi connectivity index (χ0n) is 20.6. The van der Waals surface area contributed by atoms with Crippen molar-refractivity contribution in [2.24, 2.45) is 17.1 Å². The van der Waals surface area contributed by atoms with Crippen molar-refractivity contribution >= 4 is 34.8 Å². The summed E-state index contributed by atoms with van der Waals surface area (Å²) in [6, 6.07) is 6.06. The van der Waals surface area contributed by atoms with E-state index in [9.17, 15) is 52.8 Å². The molecule has 3 aliphatic carbocycles. The van der Waals surface area contributed by atoms with Crippen LogP contribution in [0.5, 0.6) is 5.75 Å². The number of alkyl halides is 3. The maximum Gasteiger partial charge on any atom is 0.416 e. The quantitative estimate of drug-likeness (QED) is 0.243. The number of Topliss-reactive ketones (excluding diaryl/α,β-unsaturated/α-hetero) is 2. The first-order valence-corrected chi connectivity index (χ1v) is 12.2. The molecule has 3 aliphatic rings. The molecule has 5 rings (SSSR count). The van der Waals surface area contributed by atoms with Gasteiger partial charge in [0.05, 0.1) is 33.9 Å². The first-order chi connectivity index (χ1) is 18.6. The molecule has 210 valence electrons. The standard InChI is InChI=1S/C27H23F3N2O8/c28-27(29,30)13-3-1-2-11(6-13)23(38)32-16-5-4-12-9-25(24(31)39)10-14-7-15(33)8-17(34)26(14,40)22(37)19(25)21(36)18(12)20(16)35/h1-6,14-15,33,35-36,40H,7-10H2,(H2,31,39)(H,32,38). The molecule has 0 aliphatic heterocycles. The fourth-order valence-electron chi connectivity index (χ4n) is 6.09. The molecular formula is C27H23F3N2O8. The van der Waals surface area contributed by atoms with Crippen molar-refractivity contribution in [3.05, 3.63) is 64.2 Å². The van der Waals surface area contributed by atoms with Crippen LogP contribution >= 0.6 is 0 Å². The van der Waals surface area contributed by atoms with Gasteiger partial charge in [0.15, 0.2) is 11.4 Å². The first kappa shape index (κ1) is 27.3. The summed E-state index contributed by atoms with van der Waals surface area (Å²) in [5.74, 6) is -7.20. The number of carbonyl (C=O) groups is 4. The van der Waals surface area contributed by atoms with E-state index in [1.807, 2.05) is 0 Å². The van der Waals surface area contributed by atoms with Gasteiger partial charge in [0.25, 0.3) is 5.91 Å². The van der Waals surface area contributed by atoms with Crippen molar-refractivity contribution in [1.82, 2.24) is 0 Å². The Balaban J connectivity index is 1.59. The second kappa shape index (κ2) is 8.89. The number of phenols is 1. The van der Waals surface area contributed by atoms with Gasteiger partial charge < -0.3 is 31.5 Å². The van der Waals surface area contributed by atoms with Crippen LogP contribution in [-0.4, -0.2) is 55.5 Å². The number of ketones is 2. The topological polar surface area (TPSA) is 187 Å². The lowest BCUT2D eigenvalue weighted by Crippen LogP contribution is -2.66. The number of nitrogens with two attached hydrogens (primary N) is 1. The second-order valence-electron chi connectivity index (χ2n) is 10.4. The van der Waals surface area contributed by atoms with Gasteiger partial charge in [-0.3, -0.25) is 19.2 Å². The van der Waals surface area contributed by atoms with Gasteiger partial charge in [-0.2, -0.15) is 13.2 Å². The van der Waals surface area contributed by atoms with Gasteiger partial charge in [-0.05, 0) is 49.1 Å². The summed E-state index contributed by atoms with van der Waals surface area (Å²) in [5, 5.41) is 45.8. The minimum Gasteiger partial charge on any atom is -0.507 e. The smallest absolute Gasteiger partial charge is 0.416 e. The van der Waals surface area contributed by atoms with Gasteiger partial charge in [-0.1, -0.05) is 12.1 Å². The van der Waals surface area contributed by atoms with E-state index < -0.39 is 81.7 Å². The van der Waals surface area contributed by atoms with Crippen molar-refractivity contribution < 1.29 is 52.8 Å². The highest BCUT2D eigenvalue weighted by Crippen LogP contribution is 2.57. The Hall–Kier alpha value is -4.23. The normalized spacial score (nSPS) is 27.9. The van der Waals surface area contributed by atoms with E-state index in [4.69, 9.17) is 5.73 Å². The number of fused-ring (bicyclic) bond motifs is 3. The first-order valence-electron chi connectivity index (χ1n) is 12.2. The monoisotopic (exact) mass is 560 g/mol. The Kier molecular flexibility index (Phi) is 6.08. The number of primary amides is 1. The second-order valence-corrected chi connectivity index (χ2v) is 10.4. The van der Waals surface area contributed by atoms with Gasteiger partial charge in [-0.25, -0.2) is 0 Å². The van der Waals surface area contributed by atoms with Crippen LogP contribution < -0.4 is 11.1 Å². The predicted molar refractivity (Wildman–Crippen MR) is 131 cm³/mol. The predicted octanol–water partition coefficient (Wildman–Crippen LogP) is 2.00. The minimum atomic E-state index is -4.71. The number of phenolic OH excluding ortho intramolecular Hbond substituents is 1. The Morgan fingerprint density at radius 1 is 1.10 bits per heavy atom. The summed E-state index contributed by atoms with van der Waals surface area (Å²) in [5.41, 5.74) is -1.52. The molecule has 0 spiro atoms. The molecule has 2 saturated carbocycles. The SMILES string of the molecule is NC(=O)C12Cc3ccc(NC(=O)c4cccc(C(F)(F)F)c4)c(O)c3C(O)=C1C(=O)C1(O)C(=O)CC(O)CC1C2. The third-order valence-electron chi connectivity index (χ3n) is 8.04. The Morgan fingerprint density at radius 3 is 2.45 bits per heavy atom. The molecule has 0 bridgehead atoms. The summed E-state index contributed by atoms with van der Waals surface area (Å²) in [6.45, 7) is 0. The zero-order chi connectivity index (χ0) is 29.4. The lowest BCUT2D eigenvalue weighted by atomic mass is 9.52. The lowest BCUT2D eigenvalue weighted by molar-refractivity contribution is -0.171. The minimum absolute atomic E-state index is 0.135. The highest BCUT2D eigenvalue weighted by Gasteiger charge is 2.66. The molecule has 0 saturated heterocycles. The Morgan fingerprint density at radius 2 is 1.80 bits per heavy atom. The number of hydrogen-bond donors (Lipinski definition) is 6. The molecule has 40 heavy (non-hydrogen) atoms. The van der Waals surface area contributed by atoms with E-state index >= 15 is 0 Å². The third kappa shape index (κ3) is 3.87. The summed E-state index contributed by atoms with van der Waals surface area (Å²) in [4.78, 5) is 51.8. The number of benzene rings is 2. The van der Waals surface area contributed by atoms with Crippen LogP contribution in [0.25, 0.3) is 5.76 Å². The molecule has 4 atom stereocenters. The van der Waals surface area contributed by atoms with Crippen molar-refractivity contribution in [3.63, 3.8) is 0 Å². The number of aliphatic hydroxyl groups excluding tert-OH is 2. The molecule has 2 aromatic rings. The average molecular weight is 560 g/mol. The summed E-state index contributed by atoms with van der Waals surface area (Å²) < 4.78 is 39.2.